The second kappa shape index (κ2) is 3.65. The third-order valence-electron chi connectivity index (χ3n) is 2.17. The Morgan fingerprint density at radius 1 is 1.50 bits per heavy atom. The summed E-state index contributed by atoms with van der Waals surface area (Å²) < 4.78 is 12.9. The summed E-state index contributed by atoms with van der Waals surface area (Å²) in [5.41, 5.74) is 0.951. The minimum absolute atomic E-state index is 0.382. The molecule has 3 nitrogen and oxygen atoms in total. The Hall–Kier alpha value is -1.58. The van der Waals surface area contributed by atoms with Gasteiger partial charge in [-0.05, 0) is 37.1 Å². The van der Waals surface area contributed by atoms with E-state index in [2.05, 4.69) is 0 Å². The number of aliphatic carboxylic acids is 1. The number of hydrogen-bond donors (Lipinski definition) is 2. The average Bonchev–Trinajstić information content (AvgIpc) is 2.10. The van der Waals surface area contributed by atoms with E-state index in [9.17, 15) is 9.18 Å². The number of halogens is 1. The number of carbonyl (C=O) groups is 1. The molecule has 0 radical (unpaired) electrons. The van der Waals surface area contributed by atoms with Gasteiger partial charge in [-0.15, -0.1) is 0 Å². The first-order chi connectivity index (χ1) is 6.43. The maximum Gasteiger partial charge on any atom is 0.310 e. The minimum Gasteiger partial charge on any atom is -0.505 e. The second-order valence-corrected chi connectivity index (χ2v) is 3.22. The molecule has 0 aliphatic carbocycles. The Morgan fingerprint density at radius 3 is 2.57 bits per heavy atom. The maximum atomic E-state index is 12.9. The van der Waals surface area contributed by atoms with Crippen molar-refractivity contribution in [2.45, 2.75) is 19.8 Å². The number of carboxylic acid groups (broad SMARTS) is 1. The molecule has 0 bridgehead atoms. The van der Waals surface area contributed by atoms with Crippen LogP contribution in [0.25, 0.3) is 0 Å². The zero-order chi connectivity index (χ0) is 10.9. The molecule has 0 fully saturated rings. The molecule has 0 aliphatic heterocycles. The number of aryl methyl sites for hydroxylation is 1. The molecule has 0 aromatic heterocycles. The summed E-state index contributed by atoms with van der Waals surface area (Å²) in [5.74, 6) is -3.04. The Bertz CT molecular complexity index is 374. The van der Waals surface area contributed by atoms with Gasteiger partial charge in [-0.1, -0.05) is 0 Å². The number of hydrogen-bond acceptors (Lipinski definition) is 2. The summed E-state index contributed by atoms with van der Waals surface area (Å²) in [7, 11) is 0. The van der Waals surface area contributed by atoms with Gasteiger partial charge >= 0.3 is 5.97 Å². The van der Waals surface area contributed by atoms with Crippen LogP contribution in [0.4, 0.5) is 4.39 Å². The summed E-state index contributed by atoms with van der Waals surface area (Å²) >= 11 is 0. The smallest absolute Gasteiger partial charge is 0.310 e. The van der Waals surface area contributed by atoms with E-state index in [-0.39, 0.29) is 0 Å². The van der Waals surface area contributed by atoms with Crippen molar-refractivity contribution in [1.29, 1.82) is 0 Å². The van der Waals surface area contributed by atoms with E-state index in [1.165, 1.54) is 13.0 Å². The minimum atomic E-state index is -1.02. The fourth-order valence-corrected chi connectivity index (χ4v) is 1.28. The van der Waals surface area contributed by atoms with E-state index in [4.69, 9.17) is 10.2 Å². The van der Waals surface area contributed by atoms with Gasteiger partial charge < -0.3 is 10.2 Å². The second-order valence-electron chi connectivity index (χ2n) is 3.22. The lowest BCUT2D eigenvalue weighted by Gasteiger charge is -2.10. The van der Waals surface area contributed by atoms with E-state index in [0.717, 1.165) is 6.07 Å². The van der Waals surface area contributed by atoms with Crippen LogP contribution >= 0.6 is 0 Å². The summed E-state index contributed by atoms with van der Waals surface area (Å²) in [4.78, 5) is 10.7. The van der Waals surface area contributed by atoms with Crippen LogP contribution in [0.3, 0.4) is 0 Å². The van der Waals surface area contributed by atoms with Gasteiger partial charge in [-0.3, -0.25) is 4.79 Å². The van der Waals surface area contributed by atoms with Gasteiger partial charge in [0.1, 0.15) is 0 Å². The highest BCUT2D eigenvalue weighted by Crippen LogP contribution is 2.26. The van der Waals surface area contributed by atoms with Crippen molar-refractivity contribution in [1.82, 2.24) is 0 Å². The number of carboxylic acids is 1. The molecule has 76 valence electrons. The molecule has 4 heteroatoms. The number of phenols is 1. The largest absolute Gasteiger partial charge is 0.505 e. The van der Waals surface area contributed by atoms with E-state index < -0.39 is 23.5 Å². The van der Waals surface area contributed by atoms with Gasteiger partial charge in [0.2, 0.25) is 0 Å². The predicted molar refractivity (Wildman–Crippen MR) is 48.9 cm³/mol. The third-order valence-corrected chi connectivity index (χ3v) is 2.17. The zero-order valence-electron chi connectivity index (χ0n) is 7.91. The first-order valence-electron chi connectivity index (χ1n) is 4.15. The van der Waals surface area contributed by atoms with Crippen LogP contribution in [-0.2, 0) is 4.79 Å². The first kappa shape index (κ1) is 10.5. The van der Waals surface area contributed by atoms with Crippen molar-refractivity contribution in [3.05, 3.63) is 29.1 Å². The standard InChI is InChI=1S/C10H11FO3/c1-5-3-9(12)8(11)4-7(5)6(2)10(13)14/h3-4,6,12H,1-2H3,(H,13,14). The molecule has 0 aliphatic rings. The molecular formula is C10H11FO3. The van der Waals surface area contributed by atoms with Gasteiger partial charge in [0, 0.05) is 0 Å². The molecular weight excluding hydrogens is 187 g/mol. The average molecular weight is 198 g/mol. The van der Waals surface area contributed by atoms with Crippen LogP contribution < -0.4 is 0 Å². The molecule has 1 aromatic carbocycles. The van der Waals surface area contributed by atoms with E-state index >= 15 is 0 Å². The van der Waals surface area contributed by atoms with Crippen molar-refractivity contribution in [3.63, 3.8) is 0 Å². The summed E-state index contributed by atoms with van der Waals surface area (Å²) in [5, 5.41) is 17.8. The fraction of sp³-hybridized carbons (Fsp3) is 0.300. The van der Waals surface area contributed by atoms with Crippen LogP contribution in [0.15, 0.2) is 12.1 Å². The van der Waals surface area contributed by atoms with Gasteiger partial charge in [0.25, 0.3) is 0 Å². The quantitative estimate of drug-likeness (QED) is 0.764. The Balaban J connectivity index is 3.22. The maximum absolute atomic E-state index is 12.9. The van der Waals surface area contributed by atoms with Crippen LogP contribution in [0.1, 0.15) is 24.0 Å². The van der Waals surface area contributed by atoms with Crippen molar-refractivity contribution < 1.29 is 19.4 Å². The molecule has 0 amide bonds. The fourth-order valence-electron chi connectivity index (χ4n) is 1.28. The van der Waals surface area contributed by atoms with Crippen LogP contribution in [0.5, 0.6) is 5.75 Å². The normalized spacial score (nSPS) is 12.5. The highest BCUT2D eigenvalue weighted by Gasteiger charge is 2.17. The van der Waals surface area contributed by atoms with Crippen molar-refractivity contribution in [2.24, 2.45) is 0 Å². The predicted octanol–water partition coefficient (Wildman–Crippen LogP) is 2.03. The van der Waals surface area contributed by atoms with Crippen molar-refractivity contribution in [3.8, 4) is 5.75 Å². The molecule has 0 heterocycles. The lowest BCUT2D eigenvalue weighted by atomic mass is 9.96. The lowest BCUT2D eigenvalue weighted by molar-refractivity contribution is -0.138. The van der Waals surface area contributed by atoms with Gasteiger partial charge in [0.05, 0.1) is 5.92 Å². The number of benzene rings is 1. The van der Waals surface area contributed by atoms with Crippen LogP contribution in [-0.4, -0.2) is 16.2 Å². The molecule has 0 spiro atoms. The van der Waals surface area contributed by atoms with E-state index in [1.807, 2.05) is 0 Å². The lowest BCUT2D eigenvalue weighted by Crippen LogP contribution is -2.09. The van der Waals surface area contributed by atoms with Crippen molar-refractivity contribution >= 4 is 5.97 Å². The van der Waals surface area contributed by atoms with Gasteiger partial charge in [0.15, 0.2) is 11.6 Å². The summed E-state index contributed by atoms with van der Waals surface area (Å²) in [6, 6.07) is 2.29. The Morgan fingerprint density at radius 2 is 2.07 bits per heavy atom. The topological polar surface area (TPSA) is 57.5 Å². The number of rotatable bonds is 2. The molecule has 1 unspecified atom stereocenters. The van der Waals surface area contributed by atoms with Gasteiger partial charge in [-0.25, -0.2) is 4.39 Å². The summed E-state index contributed by atoms with van der Waals surface area (Å²) in [6.07, 6.45) is 0. The number of phenolic OH excluding ortho intramolecular Hbond substituents is 1. The van der Waals surface area contributed by atoms with E-state index in [0.29, 0.717) is 11.1 Å². The van der Waals surface area contributed by atoms with Crippen molar-refractivity contribution in [2.75, 3.05) is 0 Å². The molecule has 2 N–H and O–H groups in total. The molecule has 1 aromatic rings. The molecule has 0 saturated carbocycles. The van der Waals surface area contributed by atoms with Crippen LogP contribution in [0, 0.1) is 12.7 Å². The molecule has 1 rings (SSSR count). The monoisotopic (exact) mass is 198 g/mol. The molecule has 0 saturated heterocycles. The summed E-state index contributed by atoms with van der Waals surface area (Å²) in [6.45, 7) is 3.11. The highest BCUT2D eigenvalue weighted by atomic mass is 19.1. The zero-order valence-corrected chi connectivity index (χ0v) is 7.91. The SMILES string of the molecule is Cc1cc(O)c(F)cc1C(C)C(=O)O. The molecule has 14 heavy (non-hydrogen) atoms. The Labute approximate surface area is 80.8 Å². The third kappa shape index (κ3) is 1.84. The number of aromatic hydroxyl groups is 1. The first-order valence-corrected chi connectivity index (χ1v) is 4.15. The van der Waals surface area contributed by atoms with Crippen LogP contribution in [0.2, 0.25) is 0 Å². The highest BCUT2D eigenvalue weighted by molar-refractivity contribution is 5.76. The van der Waals surface area contributed by atoms with Gasteiger partial charge in [-0.2, -0.15) is 0 Å². The van der Waals surface area contributed by atoms with E-state index in [1.54, 1.807) is 6.92 Å². The Kier molecular flexibility index (Phi) is 2.74. The molecule has 1 atom stereocenters.